The van der Waals surface area contributed by atoms with Gasteiger partial charge in [0.1, 0.15) is 0 Å². The third kappa shape index (κ3) is 3.33. The maximum absolute atomic E-state index is 5.14. The minimum Gasteiger partial charge on any atom is -0.384 e. The van der Waals surface area contributed by atoms with Crippen molar-refractivity contribution in [2.75, 3.05) is 39.1 Å². The van der Waals surface area contributed by atoms with E-state index >= 15 is 0 Å². The van der Waals surface area contributed by atoms with Crippen LogP contribution in [0.4, 0.5) is 0 Å². The Labute approximate surface area is 80.7 Å². The predicted octanol–water partition coefficient (Wildman–Crippen LogP) is 1.27. The minimum atomic E-state index is 0.797. The molecule has 0 spiro atoms. The van der Waals surface area contributed by atoms with Gasteiger partial charge < -0.3 is 9.64 Å². The van der Waals surface area contributed by atoms with Gasteiger partial charge in [0, 0.05) is 26.0 Å². The van der Waals surface area contributed by atoms with Crippen LogP contribution in [0.2, 0.25) is 0 Å². The van der Waals surface area contributed by atoms with Gasteiger partial charge in [-0.2, -0.15) is 12.6 Å². The predicted molar refractivity (Wildman–Crippen MR) is 54.9 cm³/mol. The molecule has 0 aromatic carbocycles. The lowest BCUT2D eigenvalue weighted by Crippen LogP contribution is -2.36. The largest absolute Gasteiger partial charge is 0.384 e. The van der Waals surface area contributed by atoms with Crippen molar-refractivity contribution in [1.82, 2.24) is 4.90 Å². The van der Waals surface area contributed by atoms with Crippen molar-refractivity contribution in [3.05, 3.63) is 0 Å². The van der Waals surface area contributed by atoms with Crippen molar-refractivity contribution in [2.24, 2.45) is 5.92 Å². The molecule has 0 unspecified atom stereocenters. The molecule has 0 atom stereocenters. The van der Waals surface area contributed by atoms with Gasteiger partial charge in [0.05, 0.1) is 0 Å². The van der Waals surface area contributed by atoms with E-state index < -0.39 is 0 Å². The quantitative estimate of drug-likeness (QED) is 0.669. The Morgan fingerprint density at radius 2 is 2.08 bits per heavy atom. The summed E-state index contributed by atoms with van der Waals surface area (Å²) in [6.45, 7) is 4.54. The van der Waals surface area contributed by atoms with Gasteiger partial charge in [0.15, 0.2) is 0 Å². The number of rotatable bonds is 4. The van der Waals surface area contributed by atoms with E-state index in [4.69, 9.17) is 4.74 Å². The molecule has 0 saturated carbocycles. The summed E-state index contributed by atoms with van der Waals surface area (Å²) >= 11 is 4.23. The second-order valence-corrected chi connectivity index (χ2v) is 3.91. The van der Waals surface area contributed by atoms with Gasteiger partial charge in [0.25, 0.3) is 0 Å². The molecule has 0 amide bonds. The van der Waals surface area contributed by atoms with Crippen molar-refractivity contribution >= 4 is 12.6 Å². The highest BCUT2D eigenvalue weighted by Gasteiger charge is 2.17. The number of likely N-dealkylation sites (tertiary alicyclic amines) is 1. The van der Waals surface area contributed by atoms with Crippen molar-refractivity contribution in [1.29, 1.82) is 0 Å². The van der Waals surface area contributed by atoms with Gasteiger partial charge in [-0.15, -0.1) is 0 Å². The summed E-state index contributed by atoms with van der Waals surface area (Å²) in [5.74, 6) is 1.78. The second-order valence-electron chi connectivity index (χ2n) is 3.46. The third-order valence-electron chi connectivity index (χ3n) is 2.53. The zero-order chi connectivity index (χ0) is 8.81. The molecule has 3 heteroatoms. The average Bonchev–Trinajstić information content (AvgIpc) is 2.09. The van der Waals surface area contributed by atoms with E-state index in [0.29, 0.717) is 0 Å². The highest BCUT2D eigenvalue weighted by molar-refractivity contribution is 7.80. The molecule has 12 heavy (non-hydrogen) atoms. The van der Waals surface area contributed by atoms with E-state index in [2.05, 4.69) is 17.5 Å². The van der Waals surface area contributed by atoms with Crippen LogP contribution in [-0.2, 0) is 4.74 Å². The minimum absolute atomic E-state index is 0.797. The zero-order valence-electron chi connectivity index (χ0n) is 7.83. The lowest BCUT2D eigenvalue weighted by Gasteiger charge is -2.31. The van der Waals surface area contributed by atoms with Gasteiger partial charge >= 0.3 is 0 Å². The van der Waals surface area contributed by atoms with Crippen LogP contribution in [0.5, 0.6) is 0 Å². The van der Waals surface area contributed by atoms with E-state index in [9.17, 15) is 0 Å². The van der Waals surface area contributed by atoms with Crippen LogP contribution in [0.25, 0.3) is 0 Å². The zero-order valence-corrected chi connectivity index (χ0v) is 8.72. The summed E-state index contributed by atoms with van der Waals surface area (Å²) in [6, 6.07) is 0. The molecule has 1 aliphatic heterocycles. The fourth-order valence-corrected chi connectivity index (χ4v) is 2.04. The number of ether oxygens (including phenoxy) is 1. The van der Waals surface area contributed by atoms with Crippen molar-refractivity contribution in [3.8, 4) is 0 Å². The van der Waals surface area contributed by atoms with E-state index in [-0.39, 0.29) is 0 Å². The van der Waals surface area contributed by atoms with Crippen molar-refractivity contribution in [3.63, 3.8) is 0 Å². The molecular formula is C9H19NOS. The second kappa shape index (κ2) is 5.84. The summed E-state index contributed by atoms with van der Waals surface area (Å²) < 4.78 is 5.14. The van der Waals surface area contributed by atoms with E-state index in [1.807, 2.05) is 0 Å². The molecule has 1 fully saturated rings. The Morgan fingerprint density at radius 3 is 2.58 bits per heavy atom. The van der Waals surface area contributed by atoms with Crippen LogP contribution in [0, 0.1) is 5.92 Å². The fraction of sp³-hybridized carbons (Fsp3) is 1.00. The van der Waals surface area contributed by atoms with Crippen LogP contribution < -0.4 is 0 Å². The van der Waals surface area contributed by atoms with E-state index in [0.717, 1.165) is 24.8 Å². The molecule has 1 heterocycles. The number of methoxy groups -OCH3 is 1. The Balaban J connectivity index is 2.11. The molecule has 0 N–H and O–H groups in total. The van der Waals surface area contributed by atoms with Crippen molar-refractivity contribution < 1.29 is 4.74 Å². The first kappa shape index (κ1) is 10.4. The molecule has 72 valence electrons. The van der Waals surface area contributed by atoms with Crippen LogP contribution >= 0.6 is 12.6 Å². The molecule has 0 aromatic rings. The first-order chi connectivity index (χ1) is 5.86. The number of thiol groups is 1. The Bertz CT molecular complexity index is 99.1. The summed E-state index contributed by atoms with van der Waals surface area (Å²) in [5, 5.41) is 0. The molecule has 0 aromatic heterocycles. The lowest BCUT2D eigenvalue weighted by atomic mass is 9.98. The highest BCUT2D eigenvalue weighted by atomic mass is 32.1. The number of nitrogens with zero attached hydrogens (tertiary/aromatic N) is 1. The number of hydrogen-bond acceptors (Lipinski definition) is 3. The molecular weight excluding hydrogens is 170 g/mol. The standard InChI is InChI=1S/C9H19NOS/c1-11-8-9-2-4-10(5-3-9)6-7-12/h9,12H,2-8H2,1H3. The van der Waals surface area contributed by atoms with Gasteiger partial charge in [-0.1, -0.05) is 0 Å². The summed E-state index contributed by atoms with van der Waals surface area (Å²) in [7, 11) is 1.79. The average molecular weight is 189 g/mol. The molecule has 1 rings (SSSR count). The SMILES string of the molecule is COCC1CCN(CCS)CC1. The monoisotopic (exact) mass is 189 g/mol. The fourth-order valence-electron chi connectivity index (χ4n) is 1.75. The lowest BCUT2D eigenvalue weighted by molar-refractivity contribution is 0.102. The number of hydrogen-bond donors (Lipinski definition) is 1. The van der Waals surface area contributed by atoms with Gasteiger partial charge in [-0.25, -0.2) is 0 Å². The normalized spacial score (nSPS) is 21.5. The molecule has 1 saturated heterocycles. The Hall–Kier alpha value is 0.270. The first-order valence-electron chi connectivity index (χ1n) is 4.69. The van der Waals surface area contributed by atoms with Crippen LogP contribution in [-0.4, -0.2) is 44.0 Å². The summed E-state index contributed by atoms with van der Waals surface area (Å²) in [4.78, 5) is 2.49. The molecule has 0 aliphatic carbocycles. The van der Waals surface area contributed by atoms with Gasteiger partial charge in [-0.3, -0.25) is 0 Å². The Kier molecular flexibility index (Phi) is 5.04. The third-order valence-corrected chi connectivity index (χ3v) is 2.73. The smallest absolute Gasteiger partial charge is 0.0491 e. The summed E-state index contributed by atoms with van der Waals surface area (Å²) in [5.41, 5.74) is 0. The molecule has 0 radical (unpaired) electrons. The maximum atomic E-state index is 5.14. The highest BCUT2D eigenvalue weighted by Crippen LogP contribution is 2.16. The van der Waals surface area contributed by atoms with Crippen molar-refractivity contribution in [2.45, 2.75) is 12.8 Å². The molecule has 0 bridgehead atoms. The Morgan fingerprint density at radius 1 is 1.42 bits per heavy atom. The van der Waals surface area contributed by atoms with E-state index in [1.54, 1.807) is 7.11 Å². The van der Waals surface area contributed by atoms with Gasteiger partial charge in [-0.05, 0) is 31.8 Å². The summed E-state index contributed by atoms with van der Waals surface area (Å²) in [6.07, 6.45) is 2.59. The van der Waals surface area contributed by atoms with Crippen LogP contribution in [0.1, 0.15) is 12.8 Å². The van der Waals surface area contributed by atoms with Crippen LogP contribution in [0.3, 0.4) is 0 Å². The maximum Gasteiger partial charge on any atom is 0.0491 e. The van der Waals surface area contributed by atoms with Crippen LogP contribution in [0.15, 0.2) is 0 Å². The topological polar surface area (TPSA) is 12.5 Å². The van der Waals surface area contributed by atoms with Gasteiger partial charge in [0.2, 0.25) is 0 Å². The van der Waals surface area contributed by atoms with E-state index in [1.165, 1.54) is 25.9 Å². The molecule has 1 aliphatic rings. The number of piperidine rings is 1. The molecule has 2 nitrogen and oxygen atoms in total. The first-order valence-corrected chi connectivity index (χ1v) is 5.32.